The number of aromatic nitrogens is 1. The third-order valence-corrected chi connectivity index (χ3v) is 4.09. The van der Waals surface area contributed by atoms with E-state index in [0.717, 1.165) is 35.1 Å². The van der Waals surface area contributed by atoms with Crippen molar-refractivity contribution in [2.24, 2.45) is 4.99 Å². The summed E-state index contributed by atoms with van der Waals surface area (Å²) in [6, 6.07) is 11.9. The molecule has 0 aliphatic rings. The van der Waals surface area contributed by atoms with Crippen LogP contribution in [-0.4, -0.2) is 44.4 Å². The quantitative estimate of drug-likeness (QED) is 0.343. The number of methoxy groups -OCH3 is 1. The summed E-state index contributed by atoms with van der Waals surface area (Å²) in [6.07, 6.45) is 0. The van der Waals surface area contributed by atoms with Gasteiger partial charge in [-0.25, -0.2) is 9.98 Å². The minimum Gasteiger partial charge on any atom is -0.491 e. The van der Waals surface area contributed by atoms with Crippen molar-refractivity contribution >= 4 is 5.96 Å². The molecule has 158 valence electrons. The predicted molar refractivity (Wildman–Crippen MR) is 116 cm³/mol. The van der Waals surface area contributed by atoms with Crippen LogP contribution in [0.3, 0.4) is 0 Å². The van der Waals surface area contributed by atoms with Gasteiger partial charge in [0.1, 0.15) is 12.4 Å². The Kier molecular flexibility index (Phi) is 9.78. The fraction of sp³-hybridized carbons (Fsp3) is 0.455. The van der Waals surface area contributed by atoms with Gasteiger partial charge in [-0.3, -0.25) is 0 Å². The lowest BCUT2D eigenvalue weighted by Crippen LogP contribution is -2.37. The number of aryl methyl sites for hydroxylation is 1. The summed E-state index contributed by atoms with van der Waals surface area (Å²) >= 11 is 0. The lowest BCUT2D eigenvalue weighted by atomic mass is 10.1. The zero-order valence-corrected chi connectivity index (χ0v) is 17.8. The third-order valence-electron chi connectivity index (χ3n) is 4.09. The summed E-state index contributed by atoms with van der Waals surface area (Å²) in [5, 5.41) is 6.57. The maximum Gasteiger partial charge on any atom is 0.213 e. The molecule has 2 rings (SSSR count). The molecule has 2 N–H and O–H groups in total. The number of nitrogens with one attached hydrogen (secondary N) is 2. The van der Waals surface area contributed by atoms with E-state index in [4.69, 9.17) is 19.2 Å². The monoisotopic (exact) mass is 400 g/mol. The highest BCUT2D eigenvalue weighted by molar-refractivity contribution is 5.79. The van der Waals surface area contributed by atoms with Gasteiger partial charge in [-0.1, -0.05) is 18.2 Å². The Morgan fingerprint density at radius 1 is 1.10 bits per heavy atom. The van der Waals surface area contributed by atoms with E-state index in [1.54, 1.807) is 7.11 Å². The normalized spacial score (nSPS) is 11.2. The number of pyridine rings is 1. The van der Waals surface area contributed by atoms with Crippen LogP contribution < -0.4 is 20.1 Å². The highest BCUT2D eigenvalue weighted by atomic mass is 16.5. The Bertz CT molecular complexity index is 780. The molecule has 0 saturated carbocycles. The van der Waals surface area contributed by atoms with Crippen molar-refractivity contribution in [2.45, 2.75) is 33.9 Å². The molecular weight excluding hydrogens is 368 g/mol. The molecule has 0 aliphatic carbocycles. The maximum absolute atomic E-state index is 5.91. The van der Waals surface area contributed by atoms with Crippen LogP contribution in [0.4, 0.5) is 0 Å². The lowest BCUT2D eigenvalue weighted by Gasteiger charge is -2.14. The van der Waals surface area contributed by atoms with Crippen molar-refractivity contribution in [1.29, 1.82) is 0 Å². The van der Waals surface area contributed by atoms with Gasteiger partial charge in [0.15, 0.2) is 5.96 Å². The molecule has 1 aromatic carbocycles. The standard InChI is InChI=1S/C22H32N4O3/c1-5-23-22(25-16-19-8-7-9-21(26-19)27-4)24-15-18-11-10-17(3)14-20(18)29-13-12-28-6-2/h7-11,14H,5-6,12-13,15-16H2,1-4H3,(H2,23,24,25). The van der Waals surface area contributed by atoms with Crippen molar-refractivity contribution in [3.05, 3.63) is 53.2 Å². The molecule has 7 nitrogen and oxygen atoms in total. The number of aliphatic imine (C=N–C) groups is 1. The third kappa shape index (κ3) is 7.99. The van der Waals surface area contributed by atoms with E-state index in [1.807, 2.05) is 38.1 Å². The van der Waals surface area contributed by atoms with Crippen LogP contribution in [0.5, 0.6) is 11.6 Å². The second kappa shape index (κ2) is 12.6. The van der Waals surface area contributed by atoms with E-state index in [9.17, 15) is 0 Å². The van der Waals surface area contributed by atoms with Crippen molar-refractivity contribution < 1.29 is 14.2 Å². The first-order valence-corrected chi connectivity index (χ1v) is 9.98. The second-order valence-corrected chi connectivity index (χ2v) is 6.38. The Labute approximate surface area is 173 Å². The summed E-state index contributed by atoms with van der Waals surface area (Å²) in [5.41, 5.74) is 3.06. The van der Waals surface area contributed by atoms with E-state index in [2.05, 4.69) is 34.7 Å². The minimum atomic E-state index is 0.505. The largest absolute Gasteiger partial charge is 0.491 e. The van der Waals surface area contributed by atoms with Crippen LogP contribution in [0.15, 0.2) is 41.4 Å². The Morgan fingerprint density at radius 2 is 1.97 bits per heavy atom. The van der Waals surface area contributed by atoms with Gasteiger partial charge in [-0.05, 0) is 38.5 Å². The first-order chi connectivity index (χ1) is 14.2. The molecule has 0 radical (unpaired) electrons. The van der Waals surface area contributed by atoms with Crippen LogP contribution in [-0.2, 0) is 17.8 Å². The van der Waals surface area contributed by atoms with Crippen LogP contribution in [0.25, 0.3) is 0 Å². The van der Waals surface area contributed by atoms with Crippen molar-refractivity contribution in [3.8, 4) is 11.6 Å². The van der Waals surface area contributed by atoms with Gasteiger partial charge >= 0.3 is 0 Å². The number of rotatable bonds is 11. The highest BCUT2D eigenvalue weighted by Gasteiger charge is 2.06. The Hall–Kier alpha value is -2.80. The Balaban J connectivity index is 2.03. The molecule has 1 heterocycles. The van der Waals surface area contributed by atoms with Gasteiger partial charge in [0, 0.05) is 24.8 Å². The highest BCUT2D eigenvalue weighted by Crippen LogP contribution is 2.21. The number of guanidine groups is 1. The van der Waals surface area contributed by atoms with Gasteiger partial charge in [-0.2, -0.15) is 0 Å². The van der Waals surface area contributed by atoms with Gasteiger partial charge in [-0.15, -0.1) is 0 Å². The van der Waals surface area contributed by atoms with E-state index in [1.165, 1.54) is 0 Å². The maximum atomic E-state index is 5.91. The van der Waals surface area contributed by atoms with E-state index >= 15 is 0 Å². The molecule has 0 bridgehead atoms. The summed E-state index contributed by atoms with van der Waals surface area (Å²) in [7, 11) is 1.61. The van der Waals surface area contributed by atoms with Crippen molar-refractivity contribution in [3.63, 3.8) is 0 Å². The molecule has 29 heavy (non-hydrogen) atoms. The molecule has 2 aromatic rings. The van der Waals surface area contributed by atoms with Gasteiger partial charge < -0.3 is 24.8 Å². The smallest absolute Gasteiger partial charge is 0.213 e. The average molecular weight is 401 g/mol. The molecule has 0 fully saturated rings. The second-order valence-electron chi connectivity index (χ2n) is 6.38. The number of nitrogens with zero attached hydrogens (tertiary/aromatic N) is 2. The fourth-order valence-electron chi connectivity index (χ4n) is 2.63. The molecule has 7 heteroatoms. The molecular formula is C22H32N4O3. The molecule has 0 aliphatic heterocycles. The number of ether oxygens (including phenoxy) is 3. The zero-order chi connectivity index (χ0) is 20.9. The molecule has 0 saturated heterocycles. The number of benzene rings is 1. The first kappa shape index (κ1) is 22.5. The number of hydrogen-bond acceptors (Lipinski definition) is 5. The summed E-state index contributed by atoms with van der Waals surface area (Å²) in [6.45, 7) is 9.67. The van der Waals surface area contributed by atoms with Crippen LogP contribution in [0.2, 0.25) is 0 Å². The average Bonchev–Trinajstić information content (AvgIpc) is 2.74. The fourth-order valence-corrected chi connectivity index (χ4v) is 2.63. The molecule has 0 atom stereocenters. The number of hydrogen-bond donors (Lipinski definition) is 2. The zero-order valence-electron chi connectivity index (χ0n) is 17.8. The summed E-state index contributed by atoms with van der Waals surface area (Å²) < 4.78 is 16.4. The first-order valence-electron chi connectivity index (χ1n) is 9.98. The molecule has 1 aromatic heterocycles. The summed E-state index contributed by atoms with van der Waals surface area (Å²) in [4.78, 5) is 9.12. The van der Waals surface area contributed by atoms with Gasteiger partial charge in [0.05, 0.1) is 32.5 Å². The van der Waals surface area contributed by atoms with E-state index < -0.39 is 0 Å². The minimum absolute atomic E-state index is 0.505. The van der Waals surface area contributed by atoms with Crippen molar-refractivity contribution in [2.75, 3.05) is 33.5 Å². The van der Waals surface area contributed by atoms with E-state index in [0.29, 0.717) is 38.8 Å². The van der Waals surface area contributed by atoms with Crippen LogP contribution in [0.1, 0.15) is 30.7 Å². The van der Waals surface area contributed by atoms with Crippen molar-refractivity contribution in [1.82, 2.24) is 15.6 Å². The van der Waals surface area contributed by atoms with Crippen LogP contribution >= 0.6 is 0 Å². The SMILES string of the molecule is CCNC(=NCc1ccc(C)cc1OCCOCC)NCc1cccc(OC)n1. The molecule has 0 amide bonds. The van der Waals surface area contributed by atoms with Gasteiger partial charge in [0.2, 0.25) is 5.88 Å². The molecule has 0 unspecified atom stereocenters. The Morgan fingerprint density at radius 3 is 2.72 bits per heavy atom. The summed E-state index contributed by atoms with van der Waals surface area (Å²) in [5.74, 6) is 2.16. The van der Waals surface area contributed by atoms with Gasteiger partial charge in [0.25, 0.3) is 0 Å². The predicted octanol–water partition coefficient (Wildman–Crippen LogP) is 3.07. The van der Waals surface area contributed by atoms with E-state index in [-0.39, 0.29) is 0 Å². The van der Waals surface area contributed by atoms with Crippen LogP contribution in [0, 0.1) is 6.92 Å². The molecule has 0 spiro atoms. The lowest BCUT2D eigenvalue weighted by molar-refractivity contribution is 0.110. The topological polar surface area (TPSA) is 77.0 Å².